The molecule has 0 aromatic heterocycles. The number of ether oxygens (including phenoxy) is 10. The third-order valence-electron chi connectivity index (χ3n) is 24.8. The lowest BCUT2D eigenvalue weighted by molar-refractivity contribution is -0.890. The summed E-state index contributed by atoms with van der Waals surface area (Å²) in [7, 11) is 41.5. The van der Waals surface area contributed by atoms with Crippen molar-refractivity contribution in [1.29, 1.82) is 0 Å². The minimum absolute atomic E-state index is 0.00139. The van der Waals surface area contributed by atoms with Gasteiger partial charge in [0.1, 0.15) is 254 Å². The van der Waals surface area contributed by atoms with Gasteiger partial charge in [-0.05, 0) is 85.1 Å². The van der Waals surface area contributed by atoms with Gasteiger partial charge in [-0.3, -0.25) is 0 Å². The van der Waals surface area contributed by atoms with Crippen LogP contribution >= 0.6 is 0 Å². The number of rotatable bonds is 69. The van der Waals surface area contributed by atoms with Crippen LogP contribution in [-0.4, -0.2) is 500 Å². The average molecular weight is 1800 g/mol. The minimum Gasteiger partial charge on any atom is -0.487 e. The number of hydrogen-bond donors (Lipinski definition) is 10. The molecule has 0 amide bonds. The molecule has 30 nitrogen and oxygen atoms in total. The molecular formula is C97H176N10O20+10. The van der Waals surface area contributed by atoms with E-state index in [0.717, 1.165) is 61.4 Å². The SMILES string of the molecule is CCc1cc(OCC[N+](C)(C)CCO)c(Cc2cc(OCC[N+](C)(C)CCO)c(Cc3cc(OCC[N+](C)(C)CCO)c(Cc4cc(OCC[N+](C)(C)CCO)c(Cc5cc(OCC[N+](C)(C)CCO)c(C)cc5OCC[N+](C)(C)CCO)cc4OCC[N+](C)(C)CCO)cc3OCC[N+](C)(C)CCO)cc2OCC[N+](C)(C)CCO)cc1OCC[N+](C)(C)CCO. The third kappa shape index (κ3) is 40.5. The molecule has 724 valence electrons. The Morgan fingerprint density at radius 3 is 0.433 bits per heavy atom. The van der Waals surface area contributed by atoms with Crippen molar-refractivity contribution in [3.8, 4) is 57.5 Å². The lowest BCUT2D eigenvalue weighted by Gasteiger charge is -2.30. The van der Waals surface area contributed by atoms with Crippen molar-refractivity contribution in [1.82, 2.24) is 0 Å². The van der Waals surface area contributed by atoms with Gasteiger partial charge in [0.15, 0.2) is 0 Å². The number of likely N-dealkylation sites (N-methyl/N-ethyl adjacent to an activating group) is 10. The molecule has 30 heteroatoms. The smallest absolute Gasteiger partial charge is 0.137 e. The fraction of sp³-hybridized carbons (Fsp3) is 0.691. The summed E-state index contributed by atoms with van der Waals surface area (Å²) in [6.07, 6.45) is 1.81. The lowest BCUT2D eigenvalue weighted by atomic mass is 9.94. The molecule has 0 fully saturated rings. The zero-order valence-electron chi connectivity index (χ0n) is 82.6. The third-order valence-corrected chi connectivity index (χ3v) is 24.8. The summed E-state index contributed by atoms with van der Waals surface area (Å²) in [6.45, 7) is 18.6. The average Bonchev–Trinajstić information content (AvgIpc) is 0.787. The standard InChI is InChI=1S/C97H176N10O20/c1-23-79-69-91(121-57-37-101(9,10)27-47-111)81(71-90(79)120-56-36-100(7,8)26-46-110)66-83-73-95(125-61-41-105(17,18)31-51-115)85(75-94(83)124-60-40-104(15,16)30-50-114)68-87-77-96(126-62-42-106(19,20)32-52-116)86(76-97(87)127-63-43-107(21,22)33-53-117)67-84-74-92(122-58-38-102(11,12)28-48-112)82(72-93(84)123-59-39-103(13,14)29-49-113)65-80-70-88(118-54-34-98(3,4)24-44-108)78(2)64-89(80)119-55-35-99(5,6)25-45-109/h64,69-77,108-117H,23-63,65-68H2,1-22H3/q+10. The molecule has 0 heterocycles. The minimum atomic E-state index is -0.0172. The number of quaternary nitrogens is 10. The van der Waals surface area contributed by atoms with E-state index in [1.165, 1.54) is 0 Å². The van der Waals surface area contributed by atoms with Gasteiger partial charge < -0.3 is 143 Å². The largest absolute Gasteiger partial charge is 0.487 e. The molecule has 5 rings (SSSR count). The zero-order chi connectivity index (χ0) is 94.5. The number of nitrogens with zero attached hydrogens (tertiary/aromatic N) is 10. The highest BCUT2D eigenvalue weighted by Gasteiger charge is 2.30. The summed E-state index contributed by atoms with van der Waals surface area (Å²) in [4.78, 5) is 0. The first kappa shape index (κ1) is 111. The van der Waals surface area contributed by atoms with Crippen LogP contribution in [-0.2, 0) is 32.1 Å². The number of benzene rings is 5. The second-order valence-corrected chi connectivity index (χ2v) is 41.1. The first-order valence-electron chi connectivity index (χ1n) is 46.0. The number of aryl methyl sites for hydroxylation is 2. The van der Waals surface area contributed by atoms with Crippen LogP contribution in [0.25, 0.3) is 0 Å². The molecule has 127 heavy (non-hydrogen) atoms. The summed E-state index contributed by atoms with van der Waals surface area (Å²) in [6, 6.07) is 20.8. The van der Waals surface area contributed by atoms with E-state index in [4.69, 9.17) is 47.4 Å². The highest BCUT2D eigenvalue weighted by atomic mass is 16.5. The first-order valence-corrected chi connectivity index (χ1v) is 46.0. The molecule has 0 aliphatic carbocycles. The summed E-state index contributed by atoms with van der Waals surface area (Å²) in [5, 5.41) is 102. The zero-order valence-corrected chi connectivity index (χ0v) is 82.6. The van der Waals surface area contributed by atoms with Gasteiger partial charge in [-0.2, -0.15) is 0 Å². The maximum atomic E-state index is 10.4. The molecule has 5 aromatic carbocycles. The quantitative estimate of drug-likeness (QED) is 0.0250. The van der Waals surface area contributed by atoms with Crippen LogP contribution in [0.1, 0.15) is 62.6 Å². The molecule has 0 radical (unpaired) electrons. The highest BCUT2D eigenvalue weighted by molar-refractivity contribution is 5.58. The van der Waals surface area contributed by atoms with Crippen molar-refractivity contribution in [2.24, 2.45) is 0 Å². The van der Waals surface area contributed by atoms with Gasteiger partial charge in [-0.25, -0.2) is 0 Å². The number of aliphatic hydroxyl groups excluding tert-OH is 10. The van der Waals surface area contributed by atoms with Crippen LogP contribution in [0.15, 0.2) is 60.7 Å². The molecule has 0 atom stereocenters. The summed E-state index contributed by atoms with van der Waals surface area (Å²) < 4.78 is 75.4. The Hall–Kier alpha value is -6.70. The van der Waals surface area contributed by atoms with Crippen LogP contribution < -0.4 is 47.4 Å². The molecule has 5 aromatic rings. The Labute approximate surface area is 763 Å². The van der Waals surface area contributed by atoms with E-state index in [1.54, 1.807) is 0 Å². The molecule has 10 N–H and O–H groups in total. The van der Waals surface area contributed by atoms with E-state index in [1.807, 2.05) is 13.0 Å². The van der Waals surface area contributed by atoms with Gasteiger partial charge in [0.05, 0.1) is 207 Å². The van der Waals surface area contributed by atoms with Gasteiger partial charge in [0, 0.05) is 70.2 Å². The molecule has 0 saturated heterocycles. The molecule has 0 aliphatic rings. The molecular weight excluding hydrogens is 1630 g/mol. The second-order valence-electron chi connectivity index (χ2n) is 41.1. The molecule has 0 unspecified atom stereocenters. The molecule has 0 spiro atoms. The van der Waals surface area contributed by atoms with Gasteiger partial charge in [-0.1, -0.05) is 6.92 Å². The number of aliphatic hydroxyl groups is 10. The van der Waals surface area contributed by atoms with E-state index in [0.29, 0.717) is 286 Å². The molecule has 0 bridgehead atoms. The summed E-state index contributed by atoms with van der Waals surface area (Å²) in [5.74, 6) is 6.35. The predicted octanol–water partition coefficient (Wildman–Crippen LogP) is 3.40. The topological polar surface area (TPSA) is 295 Å². The van der Waals surface area contributed by atoms with E-state index in [-0.39, 0.29) is 105 Å². The van der Waals surface area contributed by atoms with Crippen molar-refractivity contribution in [2.45, 2.75) is 46.0 Å². The Bertz CT molecular complexity index is 4040. The maximum absolute atomic E-state index is 10.4. The van der Waals surface area contributed by atoms with Crippen molar-refractivity contribution in [2.75, 3.05) is 404 Å². The van der Waals surface area contributed by atoms with Crippen molar-refractivity contribution in [3.05, 3.63) is 116 Å². The number of hydrogen-bond acceptors (Lipinski definition) is 20. The van der Waals surface area contributed by atoms with Gasteiger partial charge in [0.2, 0.25) is 0 Å². The monoisotopic (exact) mass is 1800 g/mol. The van der Waals surface area contributed by atoms with Crippen LogP contribution in [0, 0.1) is 6.92 Å². The van der Waals surface area contributed by atoms with Crippen LogP contribution in [0.4, 0.5) is 0 Å². The molecule has 0 saturated carbocycles. The summed E-state index contributed by atoms with van der Waals surface area (Å²) in [5.41, 5.74) is 8.32. The van der Waals surface area contributed by atoms with Crippen molar-refractivity contribution >= 4 is 0 Å². The van der Waals surface area contributed by atoms with E-state index in [2.05, 4.69) is 202 Å². The maximum Gasteiger partial charge on any atom is 0.137 e. The summed E-state index contributed by atoms with van der Waals surface area (Å²) >= 11 is 0. The van der Waals surface area contributed by atoms with Crippen molar-refractivity contribution in [3.63, 3.8) is 0 Å². The Morgan fingerprint density at radius 2 is 0.291 bits per heavy atom. The first-order chi connectivity index (χ1) is 59.7. The van der Waals surface area contributed by atoms with Crippen LogP contribution in [0.5, 0.6) is 57.5 Å². The fourth-order valence-electron chi connectivity index (χ4n) is 14.7. The predicted molar refractivity (Wildman–Crippen MR) is 502 cm³/mol. The van der Waals surface area contributed by atoms with Crippen LogP contribution in [0.3, 0.4) is 0 Å². The van der Waals surface area contributed by atoms with Gasteiger partial charge in [0.25, 0.3) is 0 Å². The fourth-order valence-corrected chi connectivity index (χ4v) is 14.7. The molecule has 0 aliphatic heterocycles. The Kier molecular flexibility index (Phi) is 45.8. The normalized spacial score (nSPS) is 12.9. The highest BCUT2D eigenvalue weighted by Crippen LogP contribution is 2.43. The Balaban J connectivity index is 1.96. The van der Waals surface area contributed by atoms with E-state index >= 15 is 0 Å². The lowest BCUT2D eigenvalue weighted by Crippen LogP contribution is -2.45. The van der Waals surface area contributed by atoms with Crippen molar-refractivity contribution < 1.29 is 143 Å². The van der Waals surface area contributed by atoms with Crippen LogP contribution in [0.2, 0.25) is 0 Å². The van der Waals surface area contributed by atoms with Gasteiger partial charge in [-0.15, -0.1) is 0 Å². The van der Waals surface area contributed by atoms with E-state index in [9.17, 15) is 51.1 Å². The van der Waals surface area contributed by atoms with E-state index < -0.39 is 0 Å². The Morgan fingerprint density at radius 1 is 0.173 bits per heavy atom. The van der Waals surface area contributed by atoms with Gasteiger partial charge >= 0.3 is 0 Å². The second kappa shape index (κ2) is 52.5.